The van der Waals surface area contributed by atoms with Crippen LogP contribution in [0.4, 0.5) is 5.69 Å². The average Bonchev–Trinajstić information content (AvgIpc) is 2.82. The van der Waals surface area contributed by atoms with Crippen molar-refractivity contribution in [2.45, 2.75) is 18.4 Å². The van der Waals surface area contributed by atoms with Gasteiger partial charge in [-0.3, -0.25) is 0 Å². The molecule has 1 aliphatic heterocycles. The van der Waals surface area contributed by atoms with Crippen LogP contribution >= 0.6 is 0 Å². The Hall–Kier alpha value is -3.21. The van der Waals surface area contributed by atoms with Crippen LogP contribution in [0.1, 0.15) is 21.5 Å². The van der Waals surface area contributed by atoms with Gasteiger partial charge in [-0.1, -0.05) is 12.1 Å². The lowest BCUT2D eigenvalue weighted by Gasteiger charge is -2.30. The zero-order chi connectivity index (χ0) is 24.5. The zero-order valence-corrected chi connectivity index (χ0v) is 20.1. The molecule has 0 bridgehead atoms. The fourth-order valence-corrected chi connectivity index (χ4v) is 4.74. The topological polar surface area (TPSA) is 106 Å². The molecule has 3 aromatic rings. The zero-order valence-electron chi connectivity index (χ0n) is 19.2. The normalized spacial score (nSPS) is 14.5. The minimum atomic E-state index is -3.76. The van der Waals surface area contributed by atoms with Crippen molar-refractivity contribution in [2.24, 2.45) is 0 Å². The van der Waals surface area contributed by atoms with Crippen LogP contribution in [0, 0.1) is 6.92 Å². The summed E-state index contributed by atoms with van der Waals surface area (Å²) in [6, 6.07) is 11.2. The number of ether oxygens (including phenoxy) is 2. The lowest BCUT2D eigenvalue weighted by atomic mass is 10.1. The number of benzene rings is 2. The highest BCUT2D eigenvalue weighted by Gasteiger charge is 2.25. The van der Waals surface area contributed by atoms with Crippen LogP contribution in [0.2, 0.25) is 0 Å². The van der Waals surface area contributed by atoms with E-state index in [4.69, 9.17) is 13.9 Å². The number of morpholine rings is 1. The highest BCUT2D eigenvalue weighted by atomic mass is 32.2. The summed E-state index contributed by atoms with van der Waals surface area (Å²) in [6.07, 6.45) is 0. The molecule has 34 heavy (non-hydrogen) atoms. The molecule has 0 saturated carbocycles. The van der Waals surface area contributed by atoms with Crippen LogP contribution in [-0.2, 0) is 26.1 Å². The van der Waals surface area contributed by atoms with E-state index in [0.717, 1.165) is 9.87 Å². The first-order valence-corrected chi connectivity index (χ1v) is 12.2. The number of hydrogen-bond acceptors (Lipinski definition) is 8. The molecule has 0 atom stereocenters. The minimum Gasteiger partial charge on any atom is -0.457 e. The second-order valence-corrected chi connectivity index (χ2v) is 10.4. The third kappa shape index (κ3) is 4.84. The number of hydrogen-bond donors (Lipinski definition) is 0. The Morgan fingerprint density at radius 3 is 2.53 bits per heavy atom. The van der Waals surface area contributed by atoms with E-state index in [1.165, 1.54) is 32.3 Å². The number of aryl methyl sites for hydroxylation is 1. The van der Waals surface area contributed by atoms with Crippen LogP contribution in [0.25, 0.3) is 11.0 Å². The Morgan fingerprint density at radius 2 is 1.82 bits per heavy atom. The number of esters is 1. The number of nitrogens with zero attached hydrogens (tertiary/aromatic N) is 2. The van der Waals surface area contributed by atoms with Gasteiger partial charge < -0.3 is 18.8 Å². The van der Waals surface area contributed by atoms with Gasteiger partial charge in [-0.15, -0.1) is 0 Å². The number of carbonyl (C=O) groups is 1. The van der Waals surface area contributed by atoms with Crippen molar-refractivity contribution in [1.29, 1.82) is 0 Å². The van der Waals surface area contributed by atoms with Crippen molar-refractivity contribution in [3.8, 4) is 0 Å². The Balaban J connectivity index is 1.69. The molecule has 0 aliphatic carbocycles. The monoisotopic (exact) mass is 486 g/mol. The molecule has 0 N–H and O–H groups in total. The average molecular weight is 487 g/mol. The van der Waals surface area contributed by atoms with Crippen molar-refractivity contribution in [1.82, 2.24) is 4.31 Å². The molecule has 0 amide bonds. The van der Waals surface area contributed by atoms with Gasteiger partial charge in [0.05, 0.1) is 29.4 Å². The fraction of sp³-hybridized carbons (Fsp3) is 0.333. The number of sulfonamides is 1. The van der Waals surface area contributed by atoms with Crippen LogP contribution in [0.5, 0.6) is 0 Å². The van der Waals surface area contributed by atoms with Crippen LogP contribution in [0.15, 0.2) is 56.6 Å². The summed E-state index contributed by atoms with van der Waals surface area (Å²) in [5.74, 6) is -0.689. The maximum Gasteiger partial charge on any atom is 0.340 e. The molecule has 0 spiro atoms. The lowest BCUT2D eigenvalue weighted by molar-refractivity contribution is 0.0473. The molecule has 1 fully saturated rings. The quantitative estimate of drug-likeness (QED) is 0.387. The van der Waals surface area contributed by atoms with Crippen molar-refractivity contribution >= 4 is 32.6 Å². The van der Waals surface area contributed by atoms with Crippen molar-refractivity contribution in [3.63, 3.8) is 0 Å². The lowest BCUT2D eigenvalue weighted by Crippen LogP contribution is -2.37. The summed E-state index contributed by atoms with van der Waals surface area (Å²) in [4.78, 5) is 27.2. The van der Waals surface area contributed by atoms with Crippen LogP contribution < -0.4 is 10.5 Å². The molecule has 1 aromatic heterocycles. The molecule has 2 heterocycles. The smallest absolute Gasteiger partial charge is 0.340 e. The van der Waals surface area contributed by atoms with E-state index in [9.17, 15) is 18.0 Å². The summed E-state index contributed by atoms with van der Waals surface area (Å²) in [5, 5.41) is 0.662. The Kier molecular flexibility index (Phi) is 6.74. The molecule has 180 valence electrons. The SMILES string of the molecule is Cc1ccc2c(COC(=O)c3cc(S(=O)(=O)N(C)C)ccc3N3CCOCC3)cc(=O)oc2c1. The van der Waals surface area contributed by atoms with Crippen molar-refractivity contribution in [3.05, 3.63) is 69.6 Å². The van der Waals surface area contributed by atoms with Gasteiger partial charge in [-0.2, -0.15) is 0 Å². The summed E-state index contributed by atoms with van der Waals surface area (Å²) in [5.41, 5.74) is 2.00. The van der Waals surface area contributed by atoms with Gasteiger partial charge in [-0.05, 0) is 36.8 Å². The standard InChI is InChI=1S/C24H26N2O7S/c1-16-4-6-19-17(13-23(27)33-22(19)12-16)15-32-24(28)20-14-18(34(29,30)25(2)3)5-7-21(20)26-8-10-31-11-9-26/h4-7,12-14H,8-11,15H2,1-3H3. The third-order valence-corrected chi connectivity index (χ3v) is 7.47. The first kappa shape index (κ1) is 23.9. The van der Waals surface area contributed by atoms with Gasteiger partial charge in [0.15, 0.2) is 0 Å². The number of fused-ring (bicyclic) bond motifs is 1. The first-order chi connectivity index (χ1) is 16.2. The number of anilines is 1. The summed E-state index contributed by atoms with van der Waals surface area (Å²) >= 11 is 0. The molecule has 0 unspecified atom stereocenters. The largest absolute Gasteiger partial charge is 0.457 e. The molecule has 1 saturated heterocycles. The Bertz CT molecular complexity index is 1390. The molecule has 10 heteroatoms. The Morgan fingerprint density at radius 1 is 1.09 bits per heavy atom. The predicted molar refractivity (Wildman–Crippen MR) is 127 cm³/mol. The van der Waals surface area contributed by atoms with Gasteiger partial charge in [0.2, 0.25) is 10.0 Å². The van der Waals surface area contributed by atoms with Gasteiger partial charge >= 0.3 is 11.6 Å². The summed E-state index contributed by atoms with van der Waals surface area (Å²) in [6.45, 7) is 3.83. The molecular weight excluding hydrogens is 460 g/mol. The van der Waals surface area contributed by atoms with E-state index in [0.29, 0.717) is 48.5 Å². The second-order valence-electron chi connectivity index (χ2n) is 8.23. The second kappa shape index (κ2) is 9.57. The van der Waals surface area contributed by atoms with E-state index in [2.05, 4.69) is 0 Å². The van der Waals surface area contributed by atoms with Crippen LogP contribution in [0.3, 0.4) is 0 Å². The first-order valence-electron chi connectivity index (χ1n) is 10.8. The molecule has 0 radical (unpaired) electrons. The molecule has 4 rings (SSSR count). The van der Waals surface area contributed by atoms with E-state index in [1.807, 2.05) is 17.9 Å². The number of rotatable bonds is 6. The molecule has 2 aromatic carbocycles. The summed E-state index contributed by atoms with van der Waals surface area (Å²) in [7, 11) is -0.902. The van der Waals surface area contributed by atoms with Crippen molar-refractivity contribution in [2.75, 3.05) is 45.3 Å². The number of carbonyl (C=O) groups excluding carboxylic acids is 1. The van der Waals surface area contributed by atoms with Crippen LogP contribution in [-0.4, -0.2) is 59.1 Å². The summed E-state index contributed by atoms with van der Waals surface area (Å²) < 4.78 is 42.7. The minimum absolute atomic E-state index is 0.0114. The Labute approximate surface area is 197 Å². The van der Waals surface area contributed by atoms with E-state index in [-0.39, 0.29) is 17.1 Å². The van der Waals surface area contributed by atoms with Gasteiger partial charge in [0.1, 0.15) is 12.2 Å². The molecule has 1 aliphatic rings. The van der Waals surface area contributed by atoms with Gasteiger partial charge in [0, 0.05) is 44.2 Å². The predicted octanol–water partition coefficient (Wildman–Crippen LogP) is 2.55. The molecular formula is C24H26N2O7S. The van der Waals surface area contributed by atoms with E-state index < -0.39 is 21.6 Å². The third-order valence-electron chi connectivity index (χ3n) is 5.66. The highest BCUT2D eigenvalue weighted by molar-refractivity contribution is 7.89. The highest BCUT2D eigenvalue weighted by Crippen LogP contribution is 2.28. The molecule has 9 nitrogen and oxygen atoms in total. The van der Waals surface area contributed by atoms with E-state index >= 15 is 0 Å². The van der Waals surface area contributed by atoms with Gasteiger partial charge in [-0.25, -0.2) is 22.3 Å². The maximum absolute atomic E-state index is 13.2. The van der Waals surface area contributed by atoms with Crippen molar-refractivity contribution < 1.29 is 27.1 Å². The van der Waals surface area contributed by atoms with Gasteiger partial charge in [0.25, 0.3) is 0 Å². The van der Waals surface area contributed by atoms with E-state index in [1.54, 1.807) is 18.2 Å². The fourth-order valence-electron chi connectivity index (χ4n) is 3.81. The maximum atomic E-state index is 13.2.